The number of hydrogen-bond donors (Lipinski definition) is 3. The van der Waals surface area contributed by atoms with Crippen molar-refractivity contribution in [1.82, 2.24) is 4.98 Å². The van der Waals surface area contributed by atoms with Crippen molar-refractivity contribution in [3.63, 3.8) is 0 Å². The second-order valence-electron chi connectivity index (χ2n) is 1.88. The first-order chi connectivity index (χ1) is 5.24. The molecule has 0 aromatic carbocycles. The van der Waals surface area contributed by atoms with Crippen LogP contribution >= 0.6 is 0 Å². The molecule has 1 heterocycles. The summed E-state index contributed by atoms with van der Waals surface area (Å²) in [6.07, 6.45) is 1.37. The maximum Gasteiger partial charge on any atom is 0.354 e. The minimum Gasteiger partial charge on any atom is -0.477 e. The predicted molar refractivity (Wildman–Crippen MR) is 39.0 cm³/mol. The summed E-state index contributed by atoms with van der Waals surface area (Å²) in [5.74, 6) is 3.98. The Bertz CT molecular complexity index is 274. The summed E-state index contributed by atoms with van der Waals surface area (Å²) in [5, 5.41) is 8.47. The zero-order chi connectivity index (χ0) is 8.27. The molecular formula is C6H7N3O2. The van der Waals surface area contributed by atoms with E-state index < -0.39 is 5.97 Å². The third kappa shape index (κ3) is 1.65. The quantitative estimate of drug-likeness (QED) is 0.413. The Morgan fingerprint density at radius 1 is 1.73 bits per heavy atom. The van der Waals surface area contributed by atoms with E-state index in [0.29, 0.717) is 5.69 Å². The zero-order valence-corrected chi connectivity index (χ0v) is 5.61. The molecule has 11 heavy (non-hydrogen) atoms. The van der Waals surface area contributed by atoms with E-state index in [1.54, 1.807) is 6.07 Å². The van der Waals surface area contributed by atoms with Crippen molar-refractivity contribution < 1.29 is 9.90 Å². The van der Waals surface area contributed by atoms with Crippen LogP contribution in [0.2, 0.25) is 0 Å². The van der Waals surface area contributed by atoms with Gasteiger partial charge in [-0.25, -0.2) is 9.78 Å². The smallest absolute Gasteiger partial charge is 0.354 e. The maximum atomic E-state index is 10.3. The number of carboxylic acid groups (broad SMARTS) is 1. The first-order valence-electron chi connectivity index (χ1n) is 2.90. The number of hydrogen-bond acceptors (Lipinski definition) is 4. The first-order valence-corrected chi connectivity index (χ1v) is 2.90. The highest BCUT2D eigenvalue weighted by Crippen LogP contribution is 2.05. The summed E-state index contributed by atoms with van der Waals surface area (Å²) in [6, 6.07) is 2.93. The van der Waals surface area contributed by atoms with Crippen molar-refractivity contribution in [2.24, 2.45) is 5.84 Å². The predicted octanol–water partition coefficient (Wildman–Crippen LogP) is 0.0654. The molecule has 0 fully saturated rings. The third-order valence-electron chi connectivity index (χ3n) is 1.15. The number of nitrogens with two attached hydrogens (primary N) is 1. The van der Waals surface area contributed by atoms with E-state index in [2.05, 4.69) is 10.4 Å². The van der Waals surface area contributed by atoms with E-state index in [1.165, 1.54) is 12.3 Å². The number of hydrazine groups is 1. The molecule has 0 bridgehead atoms. The number of nitrogens with zero attached hydrogens (tertiary/aromatic N) is 1. The highest BCUT2D eigenvalue weighted by molar-refractivity contribution is 5.86. The molecular weight excluding hydrogens is 146 g/mol. The molecule has 0 aliphatic carbocycles. The summed E-state index contributed by atoms with van der Waals surface area (Å²) < 4.78 is 0. The summed E-state index contributed by atoms with van der Waals surface area (Å²) in [4.78, 5) is 13.9. The Morgan fingerprint density at radius 2 is 2.45 bits per heavy atom. The molecule has 0 saturated heterocycles. The molecule has 0 spiro atoms. The van der Waals surface area contributed by atoms with E-state index in [1.807, 2.05) is 0 Å². The van der Waals surface area contributed by atoms with E-state index in [-0.39, 0.29) is 5.69 Å². The molecule has 0 radical (unpaired) electrons. The van der Waals surface area contributed by atoms with Crippen LogP contribution in [-0.4, -0.2) is 16.1 Å². The van der Waals surface area contributed by atoms with Gasteiger partial charge in [-0.1, -0.05) is 0 Å². The van der Waals surface area contributed by atoms with Crippen LogP contribution in [0.5, 0.6) is 0 Å². The zero-order valence-electron chi connectivity index (χ0n) is 5.61. The van der Waals surface area contributed by atoms with E-state index in [9.17, 15) is 4.79 Å². The summed E-state index contributed by atoms with van der Waals surface area (Å²) >= 11 is 0. The lowest BCUT2D eigenvalue weighted by molar-refractivity contribution is 0.0690. The molecule has 1 aromatic rings. The molecule has 5 heteroatoms. The molecule has 0 saturated carbocycles. The molecule has 0 amide bonds. The number of nitrogen functional groups attached to an aromatic ring is 1. The van der Waals surface area contributed by atoms with E-state index in [0.717, 1.165) is 0 Å². The van der Waals surface area contributed by atoms with Gasteiger partial charge in [0.1, 0.15) is 5.69 Å². The van der Waals surface area contributed by atoms with Gasteiger partial charge in [-0.05, 0) is 12.1 Å². The van der Waals surface area contributed by atoms with Gasteiger partial charge in [-0.2, -0.15) is 0 Å². The number of aromatic carboxylic acids is 1. The fraction of sp³-hybridized carbons (Fsp3) is 0. The highest BCUT2D eigenvalue weighted by Gasteiger charge is 2.03. The van der Waals surface area contributed by atoms with Gasteiger partial charge in [0.15, 0.2) is 0 Å². The van der Waals surface area contributed by atoms with Gasteiger partial charge in [0, 0.05) is 6.20 Å². The molecule has 1 rings (SSSR count). The van der Waals surface area contributed by atoms with Gasteiger partial charge in [0.25, 0.3) is 0 Å². The summed E-state index contributed by atoms with van der Waals surface area (Å²) in [6.45, 7) is 0. The minimum absolute atomic E-state index is 0.0274. The standard InChI is InChI=1S/C6H7N3O2/c7-9-4-1-2-8-5(3-4)6(10)11/h1-3H,7H2,(H,8,9)(H,10,11). The van der Waals surface area contributed by atoms with Gasteiger partial charge in [0.05, 0.1) is 5.69 Å². The van der Waals surface area contributed by atoms with Crippen molar-refractivity contribution in [2.45, 2.75) is 0 Å². The Hall–Kier alpha value is -1.62. The highest BCUT2D eigenvalue weighted by atomic mass is 16.4. The molecule has 4 N–H and O–H groups in total. The topological polar surface area (TPSA) is 88.2 Å². The third-order valence-corrected chi connectivity index (χ3v) is 1.15. The van der Waals surface area contributed by atoms with Crippen LogP contribution in [0, 0.1) is 0 Å². The van der Waals surface area contributed by atoms with Crippen LogP contribution in [0.15, 0.2) is 18.3 Å². The largest absolute Gasteiger partial charge is 0.477 e. The summed E-state index contributed by atoms with van der Waals surface area (Å²) in [5.41, 5.74) is 2.82. The van der Waals surface area contributed by atoms with Crippen molar-refractivity contribution in [1.29, 1.82) is 0 Å². The Balaban J connectivity index is 3.01. The van der Waals surface area contributed by atoms with Crippen LogP contribution in [0.25, 0.3) is 0 Å². The monoisotopic (exact) mass is 153 g/mol. The van der Waals surface area contributed by atoms with Crippen LogP contribution in [-0.2, 0) is 0 Å². The van der Waals surface area contributed by atoms with Gasteiger partial charge in [-0.15, -0.1) is 0 Å². The Labute approximate surface area is 62.8 Å². The number of pyridine rings is 1. The average molecular weight is 153 g/mol. The summed E-state index contributed by atoms with van der Waals surface area (Å²) in [7, 11) is 0. The maximum absolute atomic E-state index is 10.3. The van der Waals surface area contributed by atoms with Crippen LogP contribution in [0.4, 0.5) is 5.69 Å². The molecule has 0 unspecified atom stereocenters. The molecule has 5 nitrogen and oxygen atoms in total. The lowest BCUT2D eigenvalue weighted by atomic mass is 10.3. The number of carbonyl (C=O) groups is 1. The lowest BCUT2D eigenvalue weighted by Gasteiger charge is -1.98. The van der Waals surface area contributed by atoms with Crippen molar-refractivity contribution in [3.8, 4) is 0 Å². The Kier molecular flexibility index (Phi) is 2.03. The van der Waals surface area contributed by atoms with Gasteiger partial charge >= 0.3 is 5.97 Å². The van der Waals surface area contributed by atoms with Crippen molar-refractivity contribution in [3.05, 3.63) is 24.0 Å². The van der Waals surface area contributed by atoms with Crippen LogP contribution in [0.3, 0.4) is 0 Å². The molecule has 0 aliphatic rings. The second-order valence-corrected chi connectivity index (χ2v) is 1.88. The average Bonchev–Trinajstić information content (AvgIpc) is 2.05. The molecule has 1 aromatic heterocycles. The van der Waals surface area contributed by atoms with Gasteiger partial charge in [0.2, 0.25) is 0 Å². The van der Waals surface area contributed by atoms with Crippen molar-refractivity contribution >= 4 is 11.7 Å². The fourth-order valence-corrected chi connectivity index (χ4v) is 0.637. The lowest BCUT2D eigenvalue weighted by Crippen LogP contribution is -2.08. The van der Waals surface area contributed by atoms with Crippen LogP contribution < -0.4 is 11.3 Å². The molecule has 0 atom stereocenters. The van der Waals surface area contributed by atoms with Crippen molar-refractivity contribution in [2.75, 3.05) is 5.43 Å². The number of rotatable bonds is 2. The van der Waals surface area contributed by atoms with E-state index in [4.69, 9.17) is 10.9 Å². The molecule has 0 aliphatic heterocycles. The van der Waals surface area contributed by atoms with Crippen LogP contribution in [0.1, 0.15) is 10.5 Å². The normalized spacial score (nSPS) is 9.18. The van der Waals surface area contributed by atoms with Gasteiger partial charge < -0.3 is 10.5 Å². The number of carboxylic acids is 1. The second kappa shape index (κ2) is 2.98. The van der Waals surface area contributed by atoms with Gasteiger partial charge in [-0.3, -0.25) is 5.84 Å². The van der Waals surface area contributed by atoms with E-state index >= 15 is 0 Å². The first kappa shape index (κ1) is 7.49. The Morgan fingerprint density at radius 3 is 3.00 bits per heavy atom. The molecule has 58 valence electrons. The number of aromatic nitrogens is 1. The minimum atomic E-state index is -1.07. The number of nitrogens with one attached hydrogen (secondary N) is 1. The SMILES string of the molecule is NNc1ccnc(C(=O)O)c1. The number of anilines is 1. The fourth-order valence-electron chi connectivity index (χ4n) is 0.637.